The van der Waals surface area contributed by atoms with Crippen LogP contribution in [0.25, 0.3) is 0 Å². The highest BCUT2D eigenvalue weighted by Gasteiger charge is 2.55. The molecule has 2 aliphatic rings. The number of nitrogens with one attached hydrogen (secondary N) is 2. The average molecular weight is 445 g/mol. The number of ketones is 1. The number of benzene rings is 1. The van der Waals surface area contributed by atoms with Crippen molar-refractivity contribution in [3.63, 3.8) is 0 Å². The molecule has 1 saturated carbocycles. The number of Topliss-reactive ketones (excluding diaryl/α,β-unsaturated/α-hetero) is 1. The lowest BCUT2D eigenvalue weighted by molar-refractivity contribution is -0.130. The highest BCUT2D eigenvalue weighted by atomic mass is 32.2. The maximum atomic E-state index is 13.2. The predicted molar refractivity (Wildman–Crippen MR) is 118 cm³/mol. The first-order valence-corrected chi connectivity index (χ1v) is 12.0. The highest BCUT2D eigenvalue weighted by molar-refractivity contribution is 7.98. The molecule has 2 N–H and O–H groups in total. The van der Waals surface area contributed by atoms with E-state index in [1.807, 2.05) is 35.7 Å². The summed E-state index contributed by atoms with van der Waals surface area (Å²) in [5, 5.41) is 7.65. The SMILES string of the molecule is O=C(NC(CSCc1ccccc1)C(=O)NC12CCCC1OCC2=O)c1cccs1. The first-order valence-electron chi connectivity index (χ1n) is 10.0. The van der Waals surface area contributed by atoms with Gasteiger partial charge in [-0.15, -0.1) is 11.3 Å². The van der Waals surface area contributed by atoms with Crippen molar-refractivity contribution in [1.29, 1.82) is 0 Å². The molecule has 0 bridgehead atoms. The van der Waals surface area contributed by atoms with Gasteiger partial charge in [0.05, 0.1) is 11.0 Å². The van der Waals surface area contributed by atoms with Crippen LogP contribution in [0.15, 0.2) is 47.8 Å². The molecular formula is C22H24N2O4S2. The van der Waals surface area contributed by atoms with Gasteiger partial charge in [-0.3, -0.25) is 14.4 Å². The van der Waals surface area contributed by atoms with Gasteiger partial charge in [-0.1, -0.05) is 36.4 Å². The number of thioether (sulfide) groups is 1. The van der Waals surface area contributed by atoms with E-state index in [1.165, 1.54) is 11.3 Å². The third kappa shape index (κ3) is 4.45. The first kappa shape index (κ1) is 21.1. The Hall–Kier alpha value is -2.16. The lowest BCUT2D eigenvalue weighted by Crippen LogP contribution is -2.61. The van der Waals surface area contributed by atoms with Crippen molar-refractivity contribution in [3.05, 3.63) is 58.3 Å². The van der Waals surface area contributed by atoms with Crippen LogP contribution in [0.1, 0.15) is 34.5 Å². The van der Waals surface area contributed by atoms with Gasteiger partial charge in [0.15, 0.2) is 5.78 Å². The fourth-order valence-electron chi connectivity index (χ4n) is 4.03. The summed E-state index contributed by atoms with van der Waals surface area (Å²) >= 11 is 2.90. The van der Waals surface area contributed by atoms with Crippen molar-refractivity contribution in [3.8, 4) is 0 Å². The molecule has 4 rings (SSSR count). The van der Waals surface area contributed by atoms with E-state index in [9.17, 15) is 14.4 Å². The number of amides is 2. The molecule has 30 heavy (non-hydrogen) atoms. The van der Waals surface area contributed by atoms with E-state index in [4.69, 9.17) is 4.74 Å². The molecule has 1 saturated heterocycles. The second kappa shape index (κ2) is 9.32. The van der Waals surface area contributed by atoms with E-state index < -0.39 is 11.6 Å². The summed E-state index contributed by atoms with van der Waals surface area (Å²) in [6, 6.07) is 12.8. The number of thiophene rings is 1. The van der Waals surface area contributed by atoms with Crippen molar-refractivity contribution < 1.29 is 19.1 Å². The molecule has 3 unspecified atom stereocenters. The fourth-order valence-corrected chi connectivity index (χ4v) is 5.68. The second-order valence-electron chi connectivity index (χ2n) is 7.58. The Bertz CT molecular complexity index is 903. The molecule has 2 heterocycles. The first-order chi connectivity index (χ1) is 14.6. The van der Waals surface area contributed by atoms with Gasteiger partial charge in [0.25, 0.3) is 5.91 Å². The normalized spacial score (nSPS) is 23.7. The Balaban J connectivity index is 1.45. The minimum absolute atomic E-state index is 0.0416. The zero-order valence-electron chi connectivity index (χ0n) is 16.5. The number of fused-ring (bicyclic) bond motifs is 1. The second-order valence-corrected chi connectivity index (χ2v) is 9.56. The molecule has 1 aliphatic carbocycles. The Morgan fingerprint density at radius 3 is 2.83 bits per heavy atom. The van der Waals surface area contributed by atoms with Crippen LogP contribution < -0.4 is 10.6 Å². The van der Waals surface area contributed by atoms with Gasteiger partial charge in [-0.25, -0.2) is 0 Å². The van der Waals surface area contributed by atoms with E-state index in [1.54, 1.807) is 23.9 Å². The summed E-state index contributed by atoms with van der Waals surface area (Å²) in [6.07, 6.45) is 1.93. The quantitative estimate of drug-likeness (QED) is 0.654. The van der Waals surface area contributed by atoms with Gasteiger partial charge in [0.1, 0.15) is 18.2 Å². The number of hydrogen-bond acceptors (Lipinski definition) is 6. The summed E-state index contributed by atoms with van der Waals surface area (Å²) in [4.78, 5) is 38.9. The van der Waals surface area contributed by atoms with Crippen LogP contribution >= 0.6 is 23.1 Å². The van der Waals surface area contributed by atoms with Crippen molar-refractivity contribution >= 4 is 40.7 Å². The van der Waals surface area contributed by atoms with Gasteiger partial charge < -0.3 is 15.4 Å². The molecule has 1 aromatic carbocycles. The molecule has 0 radical (unpaired) electrons. The molecule has 2 fully saturated rings. The van der Waals surface area contributed by atoms with E-state index in [0.29, 0.717) is 17.1 Å². The molecule has 3 atom stereocenters. The van der Waals surface area contributed by atoms with Crippen molar-refractivity contribution in [2.45, 2.75) is 42.7 Å². The molecule has 1 aromatic heterocycles. The molecule has 2 aromatic rings. The molecule has 0 spiro atoms. The topological polar surface area (TPSA) is 84.5 Å². The van der Waals surface area contributed by atoms with Gasteiger partial charge in [0.2, 0.25) is 5.91 Å². The number of ether oxygens (including phenoxy) is 1. The van der Waals surface area contributed by atoms with E-state index in [-0.39, 0.29) is 30.3 Å². The van der Waals surface area contributed by atoms with Crippen LogP contribution in [0.2, 0.25) is 0 Å². The Kier molecular flexibility index (Phi) is 6.55. The highest BCUT2D eigenvalue weighted by Crippen LogP contribution is 2.37. The summed E-state index contributed by atoms with van der Waals surface area (Å²) < 4.78 is 5.60. The van der Waals surface area contributed by atoms with Gasteiger partial charge >= 0.3 is 0 Å². The Morgan fingerprint density at radius 2 is 2.07 bits per heavy atom. The van der Waals surface area contributed by atoms with Crippen LogP contribution in [0, 0.1) is 0 Å². The number of carbonyl (C=O) groups excluding carboxylic acids is 3. The number of hydrogen-bond donors (Lipinski definition) is 2. The number of carbonyl (C=O) groups is 3. The Labute approximate surface area is 183 Å². The lowest BCUT2D eigenvalue weighted by atomic mass is 9.92. The standard InChI is InChI=1S/C22H24N2O4S2/c25-18-12-28-19-9-4-10-22(18,19)24-20(26)16(23-21(27)17-8-5-11-30-17)14-29-13-15-6-2-1-3-7-15/h1-3,5-8,11,16,19H,4,9-10,12-14H2,(H,23,27)(H,24,26). The molecule has 158 valence electrons. The molecular weight excluding hydrogens is 420 g/mol. The largest absolute Gasteiger partial charge is 0.367 e. The monoisotopic (exact) mass is 444 g/mol. The minimum atomic E-state index is -0.937. The summed E-state index contributed by atoms with van der Waals surface area (Å²) in [5.41, 5.74) is 0.215. The third-order valence-electron chi connectivity index (χ3n) is 5.61. The molecule has 1 aliphatic heterocycles. The fraction of sp³-hybridized carbons (Fsp3) is 0.409. The van der Waals surface area contributed by atoms with E-state index >= 15 is 0 Å². The van der Waals surface area contributed by atoms with Crippen molar-refractivity contribution in [1.82, 2.24) is 10.6 Å². The van der Waals surface area contributed by atoms with E-state index in [2.05, 4.69) is 10.6 Å². The van der Waals surface area contributed by atoms with Crippen LogP contribution in [-0.4, -0.2) is 47.6 Å². The minimum Gasteiger partial charge on any atom is -0.367 e. The summed E-state index contributed by atoms with van der Waals surface area (Å²) in [6.45, 7) is 0.0416. The summed E-state index contributed by atoms with van der Waals surface area (Å²) in [5.74, 6) is 0.466. The van der Waals surface area contributed by atoms with Crippen molar-refractivity contribution in [2.24, 2.45) is 0 Å². The smallest absolute Gasteiger partial charge is 0.262 e. The maximum absolute atomic E-state index is 13.2. The van der Waals surface area contributed by atoms with Crippen LogP contribution in [0.4, 0.5) is 0 Å². The molecule has 2 amide bonds. The van der Waals surface area contributed by atoms with E-state index in [0.717, 1.165) is 24.2 Å². The predicted octanol–water partition coefficient (Wildman–Crippen LogP) is 2.79. The zero-order chi connectivity index (χ0) is 21.0. The lowest BCUT2D eigenvalue weighted by Gasteiger charge is -2.30. The van der Waals surface area contributed by atoms with Crippen LogP contribution in [0.5, 0.6) is 0 Å². The van der Waals surface area contributed by atoms with Gasteiger partial charge in [-0.05, 0) is 36.3 Å². The summed E-state index contributed by atoms with van der Waals surface area (Å²) in [7, 11) is 0. The maximum Gasteiger partial charge on any atom is 0.262 e. The number of rotatable bonds is 8. The zero-order valence-corrected chi connectivity index (χ0v) is 18.1. The van der Waals surface area contributed by atoms with Gasteiger partial charge in [0, 0.05) is 11.5 Å². The third-order valence-corrected chi connectivity index (χ3v) is 7.58. The molecule has 8 heteroatoms. The molecule has 6 nitrogen and oxygen atoms in total. The van der Waals surface area contributed by atoms with Crippen LogP contribution in [0.3, 0.4) is 0 Å². The average Bonchev–Trinajstić information content (AvgIpc) is 3.47. The van der Waals surface area contributed by atoms with Crippen LogP contribution in [-0.2, 0) is 20.1 Å². The Morgan fingerprint density at radius 1 is 1.23 bits per heavy atom. The van der Waals surface area contributed by atoms with Gasteiger partial charge in [-0.2, -0.15) is 11.8 Å². The van der Waals surface area contributed by atoms with Crippen molar-refractivity contribution in [2.75, 3.05) is 12.4 Å².